The highest BCUT2D eigenvalue weighted by Crippen LogP contribution is 2.28. The average Bonchev–Trinajstić information content (AvgIpc) is 3.11. The van der Waals surface area contributed by atoms with E-state index in [1.807, 2.05) is 36.4 Å². The molecule has 0 unspecified atom stereocenters. The molecule has 3 aromatic rings. The number of nitrogens with zero attached hydrogens (tertiary/aromatic N) is 4. The van der Waals surface area contributed by atoms with Crippen molar-refractivity contribution in [2.75, 3.05) is 30.0 Å². The van der Waals surface area contributed by atoms with Crippen molar-refractivity contribution in [2.24, 2.45) is 4.99 Å². The SMILES string of the molecule is O=C1COCCN1c1nccc2cc(NC3=NCc4cccnc43)ccc12. The summed E-state index contributed by atoms with van der Waals surface area (Å²) in [5, 5.41) is 5.30. The number of nitrogens with one attached hydrogen (secondary N) is 1. The molecule has 7 heteroatoms. The molecular formula is C20H17N5O2. The Hall–Kier alpha value is -3.32. The van der Waals surface area contributed by atoms with E-state index in [-0.39, 0.29) is 12.5 Å². The molecule has 0 atom stereocenters. The molecule has 1 saturated heterocycles. The molecule has 0 radical (unpaired) electrons. The van der Waals surface area contributed by atoms with Gasteiger partial charge in [-0.3, -0.25) is 19.7 Å². The molecule has 4 heterocycles. The lowest BCUT2D eigenvalue weighted by molar-refractivity contribution is -0.125. The van der Waals surface area contributed by atoms with Gasteiger partial charge in [-0.2, -0.15) is 0 Å². The summed E-state index contributed by atoms with van der Waals surface area (Å²) in [5.74, 6) is 1.39. The van der Waals surface area contributed by atoms with E-state index in [1.54, 1.807) is 17.3 Å². The number of rotatable bonds is 2. The summed E-state index contributed by atoms with van der Waals surface area (Å²) in [6.07, 6.45) is 3.51. The first-order chi connectivity index (χ1) is 13.3. The van der Waals surface area contributed by atoms with E-state index in [1.165, 1.54) is 0 Å². The minimum absolute atomic E-state index is 0.0635. The number of benzene rings is 1. The number of carbonyl (C=O) groups excluding carboxylic acids is 1. The predicted molar refractivity (Wildman–Crippen MR) is 103 cm³/mol. The molecule has 1 aromatic carbocycles. The summed E-state index contributed by atoms with van der Waals surface area (Å²) in [7, 11) is 0. The Morgan fingerprint density at radius 1 is 1.11 bits per heavy atom. The Morgan fingerprint density at radius 3 is 3.00 bits per heavy atom. The zero-order chi connectivity index (χ0) is 18.2. The Labute approximate surface area is 155 Å². The molecule has 7 nitrogen and oxygen atoms in total. The molecule has 1 N–H and O–H groups in total. The summed E-state index contributed by atoms with van der Waals surface area (Å²) < 4.78 is 5.22. The highest BCUT2D eigenvalue weighted by Gasteiger charge is 2.23. The predicted octanol–water partition coefficient (Wildman–Crippen LogP) is 2.37. The van der Waals surface area contributed by atoms with Gasteiger partial charge in [0.05, 0.1) is 19.7 Å². The van der Waals surface area contributed by atoms with Gasteiger partial charge in [-0.05, 0) is 35.7 Å². The van der Waals surface area contributed by atoms with Crippen LogP contribution in [-0.2, 0) is 16.1 Å². The third-order valence-electron chi connectivity index (χ3n) is 4.77. The standard InChI is InChI=1S/C20H17N5O2/c26-17-12-27-9-8-25(17)20-16-4-3-15(10-13(16)5-7-22-20)24-19-18-14(11-23-19)2-1-6-21-18/h1-7,10H,8-9,11-12H2,(H,23,24). The molecule has 1 amide bonds. The van der Waals surface area contributed by atoms with Crippen molar-refractivity contribution in [3.63, 3.8) is 0 Å². The van der Waals surface area contributed by atoms with Gasteiger partial charge in [-0.25, -0.2) is 4.98 Å². The third-order valence-corrected chi connectivity index (χ3v) is 4.77. The number of hydrogen-bond donors (Lipinski definition) is 1. The summed E-state index contributed by atoms with van der Waals surface area (Å²) in [5.41, 5.74) is 2.94. The number of amidine groups is 1. The summed E-state index contributed by atoms with van der Waals surface area (Å²) in [4.78, 5) is 27.3. The van der Waals surface area contributed by atoms with Crippen LogP contribution in [-0.4, -0.2) is 41.5 Å². The van der Waals surface area contributed by atoms with Crippen LogP contribution in [0.15, 0.2) is 53.8 Å². The van der Waals surface area contributed by atoms with Crippen molar-refractivity contribution in [2.45, 2.75) is 6.54 Å². The molecule has 2 aliphatic heterocycles. The fourth-order valence-corrected chi connectivity index (χ4v) is 3.45. The van der Waals surface area contributed by atoms with E-state index in [9.17, 15) is 4.79 Å². The molecule has 134 valence electrons. The van der Waals surface area contributed by atoms with Crippen LogP contribution >= 0.6 is 0 Å². The number of anilines is 2. The van der Waals surface area contributed by atoms with Gasteiger partial charge in [0.2, 0.25) is 0 Å². The zero-order valence-corrected chi connectivity index (χ0v) is 14.6. The van der Waals surface area contributed by atoms with Gasteiger partial charge in [-0.15, -0.1) is 0 Å². The number of amides is 1. The van der Waals surface area contributed by atoms with Crippen LogP contribution in [0.2, 0.25) is 0 Å². The van der Waals surface area contributed by atoms with Gasteiger partial charge in [0.1, 0.15) is 18.1 Å². The summed E-state index contributed by atoms with van der Waals surface area (Å²) >= 11 is 0. The smallest absolute Gasteiger partial charge is 0.254 e. The van der Waals surface area contributed by atoms with E-state index in [2.05, 4.69) is 20.3 Å². The van der Waals surface area contributed by atoms with Gasteiger partial charge < -0.3 is 10.1 Å². The zero-order valence-electron chi connectivity index (χ0n) is 14.6. The second-order valence-electron chi connectivity index (χ2n) is 6.47. The van der Waals surface area contributed by atoms with Crippen LogP contribution in [0, 0.1) is 0 Å². The molecule has 2 aromatic heterocycles. The van der Waals surface area contributed by atoms with Gasteiger partial charge in [0, 0.05) is 29.0 Å². The van der Waals surface area contributed by atoms with E-state index in [0.29, 0.717) is 25.5 Å². The number of aromatic nitrogens is 2. The topological polar surface area (TPSA) is 79.7 Å². The minimum atomic E-state index is -0.0635. The van der Waals surface area contributed by atoms with Crippen LogP contribution in [0.25, 0.3) is 10.8 Å². The molecule has 0 bridgehead atoms. The van der Waals surface area contributed by atoms with Gasteiger partial charge in [-0.1, -0.05) is 6.07 Å². The van der Waals surface area contributed by atoms with Crippen molar-refractivity contribution in [3.8, 4) is 0 Å². The van der Waals surface area contributed by atoms with Crippen LogP contribution in [0.1, 0.15) is 11.3 Å². The number of ether oxygens (including phenoxy) is 1. The molecular weight excluding hydrogens is 342 g/mol. The lowest BCUT2D eigenvalue weighted by Gasteiger charge is -2.26. The quantitative estimate of drug-likeness (QED) is 0.760. The first-order valence-electron chi connectivity index (χ1n) is 8.82. The highest BCUT2D eigenvalue weighted by atomic mass is 16.5. The number of hydrogen-bond acceptors (Lipinski definition) is 6. The third kappa shape index (κ3) is 2.82. The maximum Gasteiger partial charge on any atom is 0.254 e. The number of morpholine rings is 1. The Kier molecular flexibility index (Phi) is 3.79. The van der Waals surface area contributed by atoms with E-state index < -0.39 is 0 Å². The second kappa shape index (κ2) is 6.44. The van der Waals surface area contributed by atoms with Gasteiger partial charge >= 0.3 is 0 Å². The molecule has 0 spiro atoms. The lowest BCUT2D eigenvalue weighted by atomic mass is 10.1. The second-order valence-corrected chi connectivity index (χ2v) is 6.47. The molecule has 0 aliphatic carbocycles. The van der Waals surface area contributed by atoms with Gasteiger partial charge in [0.15, 0.2) is 5.84 Å². The largest absolute Gasteiger partial charge is 0.370 e. The van der Waals surface area contributed by atoms with Crippen LogP contribution in [0.3, 0.4) is 0 Å². The van der Waals surface area contributed by atoms with Gasteiger partial charge in [0.25, 0.3) is 5.91 Å². The fraction of sp³-hybridized carbons (Fsp3) is 0.200. The normalized spacial score (nSPS) is 16.4. The minimum Gasteiger partial charge on any atom is -0.370 e. The molecule has 2 aliphatic rings. The maximum absolute atomic E-state index is 12.2. The summed E-state index contributed by atoms with van der Waals surface area (Å²) in [6.45, 7) is 1.79. The first-order valence-corrected chi connectivity index (χ1v) is 8.82. The van der Waals surface area contributed by atoms with E-state index in [4.69, 9.17) is 4.74 Å². The molecule has 0 saturated carbocycles. The lowest BCUT2D eigenvalue weighted by Crippen LogP contribution is -2.42. The van der Waals surface area contributed by atoms with E-state index in [0.717, 1.165) is 33.6 Å². The first kappa shape index (κ1) is 15.9. The Morgan fingerprint density at radius 2 is 2.07 bits per heavy atom. The van der Waals surface area contributed by atoms with Crippen molar-refractivity contribution in [1.29, 1.82) is 0 Å². The number of fused-ring (bicyclic) bond motifs is 2. The maximum atomic E-state index is 12.2. The summed E-state index contributed by atoms with van der Waals surface area (Å²) in [6, 6.07) is 11.9. The fourth-order valence-electron chi connectivity index (χ4n) is 3.45. The van der Waals surface area contributed by atoms with Crippen LogP contribution in [0.4, 0.5) is 11.5 Å². The molecule has 1 fully saturated rings. The molecule has 5 rings (SSSR count). The van der Waals surface area contributed by atoms with Crippen molar-refractivity contribution < 1.29 is 9.53 Å². The van der Waals surface area contributed by atoms with Crippen molar-refractivity contribution in [1.82, 2.24) is 9.97 Å². The number of carbonyl (C=O) groups is 1. The Bertz CT molecular complexity index is 1080. The molecule has 27 heavy (non-hydrogen) atoms. The Balaban J connectivity index is 1.47. The van der Waals surface area contributed by atoms with Crippen LogP contribution in [0.5, 0.6) is 0 Å². The number of pyridine rings is 2. The average molecular weight is 359 g/mol. The monoisotopic (exact) mass is 359 g/mol. The van der Waals surface area contributed by atoms with Crippen molar-refractivity contribution >= 4 is 34.0 Å². The number of aliphatic imine (C=N–C) groups is 1. The highest BCUT2D eigenvalue weighted by molar-refractivity contribution is 6.10. The van der Waals surface area contributed by atoms with E-state index >= 15 is 0 Å². The van der Waals surface area contributed by atoms with Crippen LogP contribution < -0.4 is 10.2 Å². The van der Waals surface area contributed by atoms with Crippen molar-refractivity contribution in [3.05, 3.63) is 60.0 Å².